The van der Waals surface area contributed by atoms with Crippen molar-refractivity contribution in [2.24, 2.45) is 4.99 Å². The van der Waals surface area contributed by atoms with E-state index in [9.17, 15) is 0 Å². The highest BCUT2D eigenvalue weighted by Gasteiger charge is 2.27. The molecule has 0 saturated heterocycles. The number of thiophene rings is 2. The molecule has 1 aliphatic heterocycles. The molecular weight excluding hydrogens is 733 g/mol. The standard InChI is InChI=1S/C51H36N4S2/c1-3-12-31(13-4-1)49-52-50(32-14-5-2-6-15-32)54-51(53-49)35-22-25-38-39-28-33(23-26-44(39)57-47(38)30-35)34-24-27-45-40(29-34)48-43(20-11-21-46(48)56-45)55-41-18-9-7-16-36(41)37-17-8-10-19-42(37)55/h1-5,7-14,16-30,49,51,53H,6,15H2,(H,52,54). The van der Waals surface area contributed by atoms with Crippen LogP contribution in [-0.2, 0) is 0 Å². The lowest BCUT2D eigenvalue weighted by Crippen LogP contribution is -2.45. The average molecular weight is 769 g/mol. The van der Waals surface area contributed by atoms with Crippen molar-refractivity contribution in [1.82, 2.24) is 15.2 Å². The van der Waals surface area contributed by atoms with E-state index in [1.54, 1.807) is 0 Å². The van der Waals surface area contributed by atoms with Crippen LogP contribution < -0.4 is 10.6 Å². The number of rotatable bonds is 5. The van der Waals surface area contributed by atoms with Crippen LogP contribution in [0.5, 0.6) is 0 Å². The molecule has 7 aromatic carbocycles. The van der Waals surface area contributed by atoms with Crippen LogP contribution in [0, 0.1) is 0 Å². The van der Waals surface area contributed by atoms with Crippen LogP contribution in [0.1, 0.15) is 36.3 Å². The molecule has 1 aliphatic carbocycles. The summed E-state index contributed by atoms with van der Waals surface area (Å²) in [5.41, 5.74) is 9.81. The number of amidine groups is 1. The molecule has 2 aliphatic rings. The van der Waals surface area contributed by atoms with Gasteiger partial charge in [-0.25, -0.2) is 4.99 Å². The fourth-order valence-corrected chi connectivity index (χ4v) is 11.3. The third-order valence-electron chi connectivity index (χ3n) is 11.8. The second kappa shape index (κ2) is 13.1. The molecule has 0 amide bonds. The first kappa shape index (κ1) is 32.9. The number of nitrogens with zero attached hydrogens (tertiary/aromatic N) is 2. The van der Waals surface area contributed by atoms with Crippen LogP contribution in [0.3, 0.4) is 0 Å². The summed E-state index contributed by atoms with van der Waals surface area (Å²) >= 11 is 3.75. The smallest absolute Gasteiger partial charge is 0.129 e. The van der Waals surface area contributed by atoms with Crippen LogP contribution in [0.15, 0.2) is 180 Å². The fraction of sp³-hybridized carbons (Fsp3) is 0.0784. The predicted molar refractivity (Wildman–Crippen MR) is 244 cm³/mol. The maximum atomic E-state index is 5.16. The molecular formula is C51H36N4S2. The zero-order valence-electron chi connectivity index (χ0n) is 30.9. The Kier molecular flexibility index (Phi) is 7.58. The molecule has 10 aromatic rings. The molecule has 6 heteroatoms. The van der Waals surface area contributed by atoms with Crippen LogP contribution in [0.2, 0.25) is 0 Å². The lowest BCUT2D eigenvalue weighted by Gasteiger charge is -2.33. The number of allylic oxidation sites excluding steroid dienone is 3. The van der Waals surface area contributed by atoms with Gasteiger partial charge in [-0.2, -0.15) is 0 Å². The molecule has 2 atom stereocenters. The van der Waals surface area contributed by atoms with E-state index >= 15 is 0 Å². The number of para-hydroxylation sites is 2. The largest absolute Gasteiger partial charge is 0.351 e. The highest BCUT2D eigenvalue weighted by molar-refractivity contribution is 7.26. The molecule has 2 N–H and O–H groups in total. The van der Waals surface area contributed by atoms with E-state index in [2.05, 4.69) is 185 Å². The van der Waals surface area contributed by atoms with Gasteiger partial charge in [0.05, 0.1) is 16.7 Å². The van der Waals surface area contributed by atoms with Crippen molar-refractivity contribution in [1.29, 1.82) is 0 Å². The van der Waals surface area contributed by atoms with E-state index in [0.717, 1.165) is 18.7 Å². The van der Waals surface area contributed by atoms with E-state index in [1.807, 2.05) is 22.7 Å². The Morgan fingerprint density at radius 1 is 0.561 bits per heavy atom. The third kappa shape index (κ3) is 5.40. The first-order valence-electron chi connectivity index (χ1n) is 19.7. The van der Waals surface area contributed by atoms with Gasteiger partial charge in [-0.15, -0.1) is 22.7 Å². The van der Waals surface area contributed by atoms with Gasteiger partial charge in [0.1, 0.15) is 18.2 Å². The summed E-state index contributed by atoms with van der Waals surface area (Å²) < 4.78 is 7.66. The number of hydrogen-bond acceptors (Lipinski definition) is 5. The molecule has 3 aromatic heterocycles. The summed E-state index contributed by atoms with van der Waals surface area (Å²) in [5.74, 6) is 0.982. The SMILES string of the molecule is C1=CCCC(C2=NC(c3ccccc3)NC(c3ccc4c(c3)sc3ccc(-c5ccc6sc7cccc(-n8c9ccccc9c9ccccc98)c7c6c5)cc34)N2)=C1. The summed E-state index contributed by atoms with van der Waals surface area (Å²) in [6, 6.07) is 55.9. The van der Waals surface area contributed by atoms with Crippen molar-refractivity contribution in [3.05, 3.63) is 187 Å². The highest BCUT2D eigenvalue weighted by atomic mass is 32.1. The zero-order chi connectivity index (χ0) is 37.5. The van der Waals surface area contributed by atoms with Gasteiger partial charge in [0.2, 0.25) is 0 Å². The van der Waals surface area contributed by atoms with Gasteiger partial charge in [-0.1, -0.05) is 115 Å². The Morgan fingerprint density at radius 3 is 2.05 bits per heavy atom. The molecule has 0 radical (unpaired) electrons. The van der Waals surface area contributed by atoms with Gasteiger partial charge in [-0.05, 0) is 95.3 Å². The number of aliphatic imine (C=N–C) groups is 1. The van der Waals surface area contributed by atoms with Gasteiger partial charge >= 0.3 is 0 Å². The Labute approximate surface area is 337 Å². The Hall–Kier alpha value is -6.31. The minimum atomic E-state index is -0.129. The lowest BCUT2D eigenvalue weighted by atomic mass is 9.99. The number of hydrogen-bond donors (Lipinski definition) is 2. The van der Waals surface area contributed by atoms with Gasteiger partial charge < -0.3 is 9.88 Å². The first-order valence-corrected chi connectivity index (χ1v) is 21.3. The topological polar surface area (TPSA) is 41.4 Å². The van der Waals surface area contributed by atoms with Crippen LogP contribution in [0.25, 0.3) is 79.0 Å². The van der Waals surface area contributed by atoms with Crippen LogP contribution >= 0.6 is 22.7 Å². The van der Waals surface area contributed by atoms with Gasteiger partial charge in [0.15, 0.2) is 0 Å². The van der Waals surface area contributed by atoms with Crippen molar-refractivity contribution in [2.75, 3.05) is 0 Å². The van der Waals surface area contributed by atoms with Crippen LogP contribution in [0.4, 0.5) is 0 Å². The van der Waals surface area contributed by atoms with Crippen molar-refractivity contribution in [3.8, 4) is 16.8 Å². The molecule has 4 heterocycles. The van der Waals surface area contributed by atoms with E-state index in [1.165, 1.54) is 95.7 Å². The lowest BCUT2D eigenvalue weighted by molar-refractivity contribution is 0.408. The second-order valence-corrected chi connectivity index (χ2v) is 17.3. The van der Waals surface area contributed by atoms with Crippen molar-refractivity contribution >= 4 is 90.7 Å². The maximum Gasteiger partial charge on any atom is 0.129 e. The Bertz CT molecular complexity index is 3270. The predicted octanol–water partition coefficient (Wildman–Crippen LogP) is 13.8. The third-order valence-corrected chi connectivity index (χ3v) is 14.0. The zero-order valence-corrected chi connectivity index (χ0v) is 32.6. The van der Waals surface area contributed by atoms with Crippen molar-refractivity contribution in [3.63, 3.8) is 0 Å². The number of benzene rings is 7. The molecule has 0 bridgehead atoms. The van der Waals surface area contributed by atoms with Crippen LogP contribution in [-0.4, -0.2) is 10.4 Å². The molecule has 272 valence electrons. The number of fused-ring (bicyclic) bond motifs is 9. The minimum Gasteiger partial charge on any atom is -0.351 e. The Morgan fingerprint density at radius 2 is 1.28 bits per heavy atom. The molecule has 0 fully saturated rings. The van der Waals surface area contributed by atoms with Crippen molar-refractivity contribution < 1.29 is 0 Å². The number of nitrogens with one attached hydrogen (secondary N) is 2. The summed E-state index contributed by atoms with van der Waals surface area (Å²) in [6.07, 6.45) is 8.42. The van der Waals surface area contributed by atoms with Gasteiger partial charge in [0.25, 0.3) is 0 Å². The number of aromatic nitrogens is 1. The first-order chi connectivity index (χ1) is 28.2. The van der Waals surface area contributed by atoms with E-state index in [4.69, 9.17) is 4.99 Å². The molecule has 4 nitrogen and oxygen atoms in total. The molecule has 0 spiro atoms. The van der Waals surface area contributed by atoms with Crippen molar-refractivity contribution in [2.45, 2.75) is 25.2 Å². The molecule has 12 rings (SSSR count). The monoisotopic (exact) mass is 768 g/mol. The second-order valence-electron chi connectivity index (χ2n) is 15.1. The minimum absolute atomic E-state index is 0.0701. The van der Waals surface area contributed by atoms with E-state index < -0.39 is 0 Å². The molecule has 2 unspecified atom stereocenters. The maximum absolute atomic E-state index is 5.16. The molecule has 57 heavy (non-hydrogen) atoms. The molecule has 0 saturated carbocycles. The fourth-order valence-electron chi connectivity index (χ4n) is 9.01. The van der Waals surface area contributed by atoms with E-state index in [0.29, 0.717) is 0 Å². The summed E-state index contributed by atoms with van der Waals surface area (Å²) in [6.45, 7) is 0. The Balaban J connectivity index is 0.937. The van der Waals surface area contributed by atoms with Gasteiger partial charge in [0, 0.05) is 51.1 Å². The average Bonchev–Trinajstić information content (AvgIpc) is 3.95. The summed E-state index contributed by atoms with van der Waals surface area (Å²) in [5, 5.41) is 15.3. The normalized spacial score (nSPS) is 17.2. The summed E-state index contributed by atoms with van der Waals surface area (Å²) in [4.78, 5) is 5.16. The quantitative estimate of drug-likeness (QED) is 0.183. The van der Waals surface area contributed by atoms with Gasteiger partial charge in [-0.3, -0.25) is 5.32 Å². The van der Waals surface area contributed by atoms with E-state index in [-0.39, 0.29) is 12.3 Å². The summed E-state index contributed by atoms with van der Waals surface area (Å²) in [7, 11) is 0. The highest BCUT2D eigenvalue weighted by Crippen LogP contribution is 2.43.